The first-order valence-electron chi connectivity index (χ1n) is 6.57. The molecule has 0 radical (unpaired) electrons. The Morgan fingerprint density at radius 1 is 1.48 bits per heavy atom. The molecule has 0 amide bonds. The van der Waals surface area contributed by atoms with Crippen molar-refractivity contribution < 1.29 is 15.0 Å². The van der Waals surface area contributed by atoms with E-state index in [1.165, 1.54) is 0 Å². The Labute approximate surface area is 123 Å². The summed E-state index contributed by atoms with van der Waals surface area (Å²) in [6, 6.07) is 5.67. The summed E-state index contributed by atoms with van der Waals surface area (Å²) in [4.78, 5) is 10.9. The molecular formula is C16H18N2O3. The molecule has 1 aromatic heterocycles. The maximum absolute atomic E-state index is 10.9. The number of aryl methyl sites for hydroxylation is 2. The standard InChI is InChI=1S/C16H18N2O3/c1-10-4-5-13(15(19)7-11(2)16(20)21)14(6-10)12-8-17-18(3)9-12/h4-6,8-9,15,19H,2,7H2,1,3H3,(H,20,21)/t15-/m0/s1. The predicted molar refractivity (Wildman–Crippen MR) is 79.7 cm³/mol. The van der Waals surface area contributed by atoms with Crippen LogP contribution in [0.3, 0.4) is 0 Å². The van der Waals surface area contributed by atoms with Gasteiger partial charge in [-0.25, -0.2) is 4.79 Å². The highest BCUT2D eigenvalue weighted by atomic mass is 16.4. The molecule has 0 aliphatic heterocycles. The van der Waals surface area contributed by atoms with Gasteiger partial charge in [-0.05, 0) is 18.1 Å². The summed E-state index contributed by atoms with van der Waals surface area (Å²) in [5.41, 5.74) is 3.46. The van der Waals surface area contributed by atoms with E-state index >= 15 is 0 Å². The number of aliphatic hydroxyl groups is 1. The van der Waals surface area contributed by atoms with Crippen LogP contribution in [0.1, 0.15) is 23.7 Å². The number of aliphatic carboxylic acids is 1. The molecule has 1 heterocycles. The molecular weight excluding hydrogens is 268 g/mol. The van der Waals surface area contributed by atoms with Crippen molar-refractivity contribution in [3.63, 3.8) is 0 Å². The van der Waals surface area contributed by atoms with Gasteiger partial charge in [0.1, 0.15) is 0 Å². The number of rotatable bonds is 5. The van der Waals surface area contributed by atoms with E-state index in [-0.39, 0.29) is 12.0 Å². The quantitative estimate of drug-likeness (QED) is 0.828. The highest BCUT2D eigenvalue weighted by Gasteiger charge is 2.18. The van der Waals surface area contributed by atoms with Crippen LogP contribution < -0.4 is 0 Å². The highest BCUT2D eigenvalue weighted by Crippen LogP contribution is 2.31. The minimum Gasteiger partial charge on any atom is -0.478 e. The SMILES string of the molecule is C=C(C[C@H](O)c1ccc(C)cc1-c1cnn(C)c1)C(=O)O. The molecule has 110 valence electrons. The topological polar surface area (TPSA) is 75.4 Å². The molecule has 0 unspecified atom stereocenters. The third kappa shape index (κ3) is 3.38. The van der Waals surface area contributed by atoms with Crippen molar-refractivity contribution in [3.8, 4) is 11.1 Å². The second kappa shape index (κ2) is 5.93. The van der Waals surface area contributed by atoms with E-state index < -0.39 is 12.1 Å². The molecule has 0 saturated heterocycles. The third-order valence-corrected chi connectivity index (χ3v) is 3.33. The lowest BCUT2D eigenvalue weighted by Gasteiger charge is -2.15. The van der Waals surface area contributed by atoms with E-state index in [4.69, 9.17) is 5.11 Å². The predicted octanol–water partition coefficient (Wildman–Crippen LogP) is 2.46. The van der Waals surface area contributed by atoms with Crippen LogP contribution in [-0.2, 0) is 11.8 Å². The molecule has 0 spiro atoms. The molecule has 1 aromatic carbocycles. The van der Waals surface area contributed by atoms with Gasteiger partial charge in [-0.2, -0.15) is 5.10 Å². The van der Waals surface area contributed by atoms with Crippen molar-refractivity contribution in [2.45, 2.75) is 19.4 Å². The Morgan fingerprint density at radius 3 is 2.76 bits per heavy atom. The lowest BCUT2D eigenvalue weighted by atomic mass is 9.93. The Kier molecular flexibility index (Phi) is 4.23. The van der Waals surface area contributed by atoms with Crippen LogP contribution in [0.2, 0.25) is 0 Å². The zero-order chi connectivity index (χ0) is 15.6. The van der Waals surface area contributed by atoms with E-state index in [9.17, 15) is 9.90 Å². The molecule has 0 fully saturated rings. The number of aliphatic hydroxyl groups excluding tert-OH is 1. The number of benzene rings is 1. The van der Waals surface area contributed by atoms with E-state index in [0.29, 0.717) is 5.56 Å². The monoisotopic (exact) mass is 286 g/mol. The smallest absolute Gasteiger partial charge is 0.331 e. The zero-order valence-electron chi connectivity index (χ0n) is 12.1. The van der Waals surface area contributed by atoms with Crippen LogP contribution in [0.5, 0.6) is 0 Å². The van der Waals surface area contributed by atoms with Gasteiger partial charge in [-0.1, -0.05) is 30.3 Å². The van der Waals surface area contributed by atoms with E-state index in [1.54, 1.807) is 10.9 Å². The maximum atomic E-state index is 10.9. The Morgan fingerprint density at radius 2 is 2.19 bits per heavy atom. The fourth-order valence-electron chi connectivity index (χ4n) is 2.20. The fraction of sp³-hybridized carbons (Fsp3) is 0.250. The van der Waals surface area contributed by atoms with Gasteiger partial charge in [-0.15, -0.1) is 0 Å². The van der Waals surface area contributed by atoms with Gasteiger partial charge in [0.25, 0.3) is 0 Å². The van der Waals surface area contributed by atoms with Crippen LogP contribution in [0.15, 0.2) is 42.7 Å². The largest absolute Gasteiger partial charge is 0.478 e. The summed E-state index contributed by atoms with van der Waals surface area (Å²) < 4.78 is 1.68. The summed E-state index contributed by atoms with van der Waals surface area (Å²) in [6.45, 7) is 5.43. The number of carboxylic acids is 1. The first-order valence-corrected chi connectivity index (χ1v) is 6.57. The van der Waals surface area contributed by atoms with Crippen molar-refractivity contribution in [1.82, 2.24) is 9.78 Å². The lowest BCUT2D eigenvalue weighted by Crippen LogP contribution is -2.07. The van der Waals surface area contributed by atoms with Crippen LogP contribution in [0, 0.1) is 6.92 Å². The normalized spacial score (nSPS) is 12.1. The molecule has 2 aromatic rings. The molecule has 0 aliphatic carbocycles. The summed E-state index contributed by atoms with van der Waals surface area (Å²) in [5, 5.41) is 23.4. The molecule has 1 atom stereocenters. The van der Waals surface area contributed by atoms with Crippen molar-refractivity contribution in [3.05, 3.63) is 53.9 Å². The molecule has 2 N–H and O–H groups in total. The molecule has 21 heavy (non-hydrogen) atoms. The van der Waals surface area contributed by atoms with E-state index in [1.807, 2.05) is 38.4 Å². The van der Waals surface area contributed by atoms with Crippen LogP contribution >= 0.6 is 0 Å². The average Bonchev–Trinajstić information content (AvgIpc) is 2.84. The summed E-state index contributed by atoms with van der Waals surface area (Å²) in [6.07, 6.45) is 2.66. The van der Waals surface area contributed by atoms with Gasteiger partial charge < -0.3 is 10.2 Å². The second-order valence-electron chi connectivity index (χ2n) is 5.12. The third-order valence-electron chi connectivity index (χ3n) is 3.33. The Hall–Kier alpha value is -2.40. The van der Waals surface area contributed by atoms with E-state index in [2.05, 4.69) is 11.7 Å². The minimum absolute atomic E-state index is 0.00828. The van der Waals surface area contributed by atoms with Gasteiger partial charge >= 0.3 is 5.97 Å². The second-order valence-corrected chi connectivity index (χ2v) is 5.12. The molecule has 5 heteroatoms. The van der Waals surface area contributed by atoms with Crippen molar-refractivity contribution in [1.29, 1.82) is 0 Å². The van der Waals surface area contributed by atoms with Crippen molar-refractivity contribution >= 4 is 5.97 Å². The van der Waals surface area contributed by atoms with Crippen molar-refractivity contribution in [2.24, 2.45) is 7.05 Å². The fourth-order valence-corrected chi connectivity index (χ4v) is 2.20. The Bertz CT molecular complexity index is 689. The van der Waals surface area contributed by atoms with Gasteiger partial charge in [0.05, 0.1) is 12.3 Å². The zero-order valence-corrected chi connectivity index (χ0v) is 12.1. The lowest BCUT2D eigenvalue weighted by molar-refractivity contribution is -0.133. The van der Waals surface area contributed by atoms with Gasteiger partial charge in [0, 0.05) is 30.8 Å². The first-order chi connectivity index (χ1) is 9.88. The van der Waals surface area contributed by atoms with E-state index in [0.717, 1.165) is 16.7 Å². The summed E-state index contributed by atoms with van der Waals surface area (Å²) in [5.74, 6) is -1.09. The van der Waals surface area contributed by atoms with Crippen LogP contribution in [0.25, 0.3) is 11.1 Å². The van der Waals surface area contributed by atoms with Crippen molar-refractivity contribution in [2.75, 3.05) is 0 Å². The Balaban J connectivity index is 2.39. The summed E-state index contributed by atoms with van der Waals surface area (Å²) >= 11 is 0. The maximum Gasteiger partial charge on any atom is 0.331 e. The molecule has 0 saturated carbocycles. The van der Waals surface area contributed by atoms with Gasteiger partial charge in [0.15, 0.2) is 0 Å². The first kappa shape index (κ1) is 15.0. The summed E-state index contributed by atoms with van der Waals surface area (Å²) in [7, 11) is 1.82. The molecule has 0 bridgehead atoms. The number of carboxylic acid groups (broad SMARTS) is 1. The molecule has 2 rings (SSSR count). The average molecular weight is 286 g/mol. The van der Waals surface area contributed by atoms with Gasteiger partial charge in [-0.3, -0.25) is 4.68 Å². The number of hydrogen-bond donors (Lipinski definition) is 2. The minimum atomic E-state index is -1.09. The van der Waals surface area contributed by atoms with Crippen LogP contribution in [0.4, 0.5) is 0 Å². The number of nitrogens with zero attached hydrogens (tertiary/aromatic N) is 2. The molecule has 5 nitrogen and oxygen atoms in total. The molecule has 0 aliphatic rings. The van der Waals surface area contributed by atoms with Gasteiger partial charge in [0.2, 0.25) is 0 Å². The highest BCUT2D eigenvalue weighted by molar-refractivity contribution is 5.85. The number of carbonyl (C=O) groups is 1. The number of aromatic nitrogens is 2. The van der Waals surface area contributed by atoms with Crippen LogP contribution in [-0.4, -0.2) is 26.0 Å². The number of hydrogen-bond acceptors (Lipinski definition) is 3.